The highest BCUT2D eigenvalue weighted by Gasteiger charge is 2.30. The third-order valence-corrected chi connectivity index (χ3v) is 4.92. The van der Waals surface area contributed by atoms with Crippen molar-refractivity contribution in [3.8, 4) is 0 Å². The molecule has 1 saturated heterocycles. The number of rotatable bonds is 2. The predicted octanol–water partition coefficient (Wildman–Crippen LogP) is 0.874. The molecule has 0 spiro atoms. The Morgan fingerprint density at radius 1 is 1.38 bits per heavy atom. The maximum atomic E-state index is 12.3. The lowest BCUT2D eigenvalue weighted by molar-refractivity contribution is 0.541. The molecule has 0 bridgehead atoms. The minimum atomic E-state index is -3.49. The molecule has 0 radical (unpaired) electrons. The summed E-state index contributed by atoms with van der Waals surface area (Å²) in [6.45, 7) is 2.75. The van der Waals surface area contributed by atoms with Gasteiger partial charge in [-0.3, -0.25) is 0 Å². The summed E-state index contributed by atoms with van der Waals surface area (Å²) in [5.41, 5.74) is 0.734. The fraction of sp³-hybridized carbons (Fsp3) is 0.300. The van der Waals surface area contributed by atoms with Crippen LogP contribution in [0.15, 0.2) is 29.2 Å². The van der Waals surface area contributed by atoms with E-state index in [1.807, 2.05) is 6.07 Å². The largest absolute Gasteiger partial charge is 0.360 e. The zero-order valence-corrected chi connectivity index (χ0v) is 10.4. The molecule has 1 aromatic rings. The molecule has 1 aliphatic heterocycles. The first kappa shape index (κ1) is 11.3. The first-order valence-electron chi connectivity index (χ1n) is 4.89. The van der Waals surface area contributed by atoms with E-state index in [0.717, 1.165) is 5.56 Å². The molecule has 0 aromatic heterocycles. The number of nitrogens with one attached hydrogen (secondary N) is 1. The van der Waals surface area contributed by atoms with Crippen LogP contribution in [0.3, 0.4) is 0 Å². The molecule has 6 heteroatoms. The fourth-order valence-electron chi connectivity index (χ4n) is 1.65. The standard InChI is InChI=1S/C10H12N2O2S2/c1-8-4-2-3-5-9(8)16(13,14)12-7-6-11-10(12)15/h2-5H,6-7H2,1H3,(H,11,15). The van der Waals surface area contributed by atoms with Gasteiger partial charge in [0.25, 0.3) is 10.0 Å². The van der Waals surface area contributed by atoms with Gasteiger partial charge in [0, 0.05) is 6.54 Å². The summed E-state index contributed by atoms with van der Waals surface area (Å²) in [7, 11) is -3.49. The van der Waals surface area contributed by atoms with Gasteiger partial charge in [-0.2, -0.15) is 0 Å². The minimum absolute atomic E-state index is 0.281. The summed E-state index contributed by atoms with van der Waals surface area (Å²) in [4.78, 5) is 0.320. The topological polar surface area (TPSA) is 49.4 Å². The highest BCUT2D eigenvalue weighted by atomic mass is 32.2. The van der Waals surface area contributed by atoms with E-state index in [0.29, 0.717) is 18.0 Å². The van der Waals surface area contributed by atoms with Crippen LogP contribution in [0.1, 0.15) is 5.56 Å². The Morgan fingerprint density at radius 2 is 2.06 bits per heavy atom. The molecule has 0 atom stereocenters. The van der Waals surface area contributed by atoms with E-state index in [-0.39, 0.29) is 5.11 Å². The molecule has 86 valence electrons. The Morgan fingerprint density at radius 3 is 2.62 bits per heavy atom. The third kappa shape index (κ3) is 1.78. The molecule has 2 rings (SSSR count). The third-order valence-electron chi connectivity index (χ3n) is 2.48. The summed E-state index contributed by atoms with van der Waals surface area (Å²) in [5.74, 6) is 0. The molecule has 16 heavy (non-hydrogen) atoms. The van der Waals surface area contributed by atoms with E-state index in [2.05, 4.69) is 5.32 Å². The van der Waals surface area contributed by atoms with Crippen molar-refractivity contribution in [2.24, 2.45) is 0 Å². The monoisotopic (exact) mass is 256 g/mol. The summed E-state index contributed by atoms with van der Waals surface area (Å²) < 4.78 is 25.8. The average molecular weight is 256 g/mol. The van der Waals surface area contributed by atoms with Gasteiger partial charge in [0.05, 0.1) is 11.4 Å². The molecule has 4 nitrogen and oxygen atoms in total. The van der Waals surface area contributed by atoms with Crippen molar-refractivity contribution >= 4 is 27.4 Å². The second-order valence-electron chi connectivity index (χ2n) is 3.57. The van der Waals surface area contributed by atoms with Crippen molar-refractivity contribution in [2.75, 3.05) is 13.1 Å². The summed E-state index contributed by atoms with van der Waals surface area (Å²) in [6.07, 6.45) is 0. The quantitative estimate of drug-likeness (QED) is 0.798. The number of hydrogen-bond acceptors (Lipinski definition) is 3. The Bertz CT molecular complexity index is 525. The molecule has 1 fully saturated rings. The Balaban J connectivity index is 2.47. The van der Waals surface area contributed by atoms with Crippen LogP contribution in [-0.4, -0.2) is 30.9 Å². The van der Waals surface area contributed by atoms with Gasteiger partial charge in [-0.05, 0) is 30.8 Å². The number of thiocarbonyl (C=S) groups is 1. The van der Waals surface area contributed by atoms with Gasteiger partial charge >= 0.3 is 0 Å². The van der Waals surface area contributed by atoms with E-state index in [9.17, 15) is 8.42 Å². The van der Waals surface area contributed by atoms with Gasteiger partial charge in [0.2, 0.25) is 0 Å². The van der Waals surface area contributed by atoms with Crippen molar-refractivity contribution in [1.82, 2.24) is 9.62 Å². The maximum Gasteiger partial charge on any atom is 0.266 e. The highest BCUT2D eigenvalue weighted by Crippen LogP contribution is 2.20. The normalized spacial score (nSPS) is 16.3. The van der Waals surface area contributed by atoms with Crippen LogP contribution in [0.5, 0.6) is 0 Å². The molecule has 0 unspecified atom stereocenters. The van der Waals surface area contributed by atoms with Gasteiger partial charge in [0.15, 0.2) is 5.11 Å². The van der Waals surface area contributed by atoms with E-state index in [1.54, 1.807) is 25.1 Å². The Hall–Kier alpha value is -1.14. The van der Waals surface area contributed by atoms with Gasteiger partial charge in [-0.25, -0.2) is 12.7 Å². The van der Waals surface area contributed by atoms with Gasteiger partial charge in [-0.15, -0.1) is 0 Å². The van der Waals surface area contributed by atoms with Crippen LogP contribution < -0.4 is 5.32 Å². The highest BCUT2D eigenvalue weighted by molar-refractivity contribution is 7.91. The number of nitrogens with zero attached hydrogens (tertiary/aromatic N) is 1. The lowest BCUT2D eigenvalue weighted by atomic mass is 10.2. The molecular weight excluding hydrogens is 244 g/mol. The van der Waals surface area contributed by atoms with E-state index in [1.165, 1.54) is 4.31 Å². The van der Waals surface area contributed by atoms with Gasteiger partial charge < -0.3 is 5.32 Å². The van der Waals surface area contributed by atoms with Crippen LogP contribution in [0, 0.1) is 6.92 Å². The number of benzene rings is 1. The van der Waals surface area contributed by atoms with E-state index < -0.39 is 10.0 Å². The molecule has 0 saturated carbocycles. The van der Waals surface area contributed by atoms with Crippen LogP contribution >= 0.6 is 12.2 Å². The SMILES string of the molecule is Cc1ccccc1S(=O)(=O)N1CCNC1=S. The lowest BCUT2D eigenvalue weighted by Gasteiger charge is -2.18. The van der Waals surface area contributed by atoms with Gasteiger partial charge in [0.1, 0.15) is 0 Å². The maximum absolute atomic E-state index is 12.3. The molecule has 1 N–H and O–H groups in total. The van der Waals surface area contributed by atoms with Crippen molar-refractivity contribution in [3.63, 3.8) is 0 Å². The summed E-state index contributed by atoms with van der Waals surface area (Å²) in [5, 5.41) is 3.12. The zero-order chi connectivity index (χ0) is 11.8. The number of sulfonamides is 1. The van der Waals surface area contributed by atoms with Crippen molar-refractivity contribution in [2.45, 2.75) is 11.8 Å². The van der Waals surface area contributed by atoms with Crippen molar-refractivity contribution in [3.05, 3.63) is 29.8 Å². The van der Waals surface area contributed by atoms with Crippen molar-refractivity contribution in [1.29, 1.82) is 0 Å². The molecule has 1 aromatic carbocycles. The first-order chi connectivity index (χ1) is 7.53. The molecular formula is C10H12N2O2S2. The van der Waals surface area contributed by atoms with Crippen LogP contribution in [0.25, 0.3) is 0 Å². The van der Waals surface area contributed by atoms with Gasteiger partial charge in [-0.1, -0.05) is 18.2 Å². The molecule has 1 heterocycles. The molecule has 0 amide bonds. The predicted molar refractivity (Wildman–Crippen MR) is 65.7 cm³/mol. The Labute approximate surface area is 100 Å². The van der Waals surface area contributed by atoms with E-state index >= 15 is 0 Å². The summed E-state index contributed by atoms with van der Waals surface area (Å²) >= 11 is 4.97. The molecule has 1 aliphatic rings. The van der Waals surface area contributed by atoms with Crippen LogP contribution in [0.2, 0.25) is 0 Å². The molecule has 0 aliphatic carbocycles. The summed E-state index contributed by atoms with van der Waals surface area (Å²) in [6, 6.07) is 6.91. The second-order valence-corrected chi connectivity index (χ2v) is 5.79. The zero-order valence-electron chi connectivity index (χ0n) is 8.80. The number of aryl methyl sites for hydroxylation is 1. The second kappa shape index (κ2) is 4.03. The fourth-order valence-corrected chi connectivity index (χ4v) is 3.71. The van der Waals surface area contributed by atoms with Crippen LogP contribution in [-0.2, 0) is 10.0 Å². The number of hydrogen-bond donors (Lipinski definition) is 1. The minimum Gasteiger partial charge on any atom is -0.360 e. The van der Waals surface area contributed by atoms with E-state index in [4.69, 9.17) is 12.2 Å². The first-order valence-corrected chi connectivity index (χ1v) is 6.74. The van der Waals surface area contributed by atoms with Crippen molar-refractivity contribution < 1.29 is 8.42 Å². The lowest BCUT2D eigenvalue weighted by Crippen LogP contribution is -2.34. The average Bonchev–Trinajstić information content (AvgIpc) is 2.65. The Kier molecular flexibility index (Phi) is 2.86. The smallest absolute Gasteiger partial charge is 0.266 e. The van der Waals surface area contributed by atoms with Crippen LogP contribution in [0.4, 0.5) is 0 Å².